The van der Waals surface area contributed by atoms with Crippen LogP contribution in [0.4, 0.5) is 5.95 Å². The molecule has 4 rings (SSSR count). The summed E-state index contributed by atoms with van der Waals surface area (Å²) in [6.07, 6.45) is 1.13. The van der Waals surface area contributed by atoms with Gasteiger partial charge >= 0.3 is 0 Å². The SMILES string of the molecule is CN(C)c1ncc([C@@H](OCc2ccccc2)[C@@H](OCc2ccccc2)[C@H](O)COCc2ccccc2)cn1. The first-order chi connectivity index (χ1) is 18.6. The number of rotatable bonds is 14. The molecule has 0 aliphatic heterocycles. The minimum absolute atomic E-state index is 0.0795. The highest BCUT2D eigenvalue weighted by atomic mass is 16.6. The van der Waals surface area contributed by atoms with Gasteiger partial charge in [0.25, 0.3) is 0 Å². The molecule has 0 saturated heterocycles. The second-order valence-electron chi connectivity index (χ2n) is 9.26. The van der Waals surface area contributed by atoms with Crippen LogP contribution in [0.3, 0.4) is 0 Å². The summed E-state index contributed by atoms with van der Waals surface area (Å²) < 4.78 is 18.7. The third-order valence-electron chi connectivity index (χ3n) is 6.02. The normalized spacial score (nSPS) is 13.6. The lowest BCUT2D eigenvalue weighted by atomic mass is 10.0. The Balaban J connectivity index is 1.56. The Morgan fingerprint density at radius 2 is 1.16 bits per heavy atom. The molecule has 0 bridgehead atoms. The van der Waals surface area contributed by atoms with Crippen LogP contribution in [0.1, 0.15) is 28.4 Å². The van der Waals surface area contributed by atoms with Crippen molar-refractivity contribution in [2.45, 2.75) is 38.1 Å². The molecule has 198 valence electrons. The molecule has 0 unspecified atom stereocenters. The van der Waals surface area contributed by atoms with E-state index in [4.69, 9.17) is 14.2 Å². The molecule has 7 nitrogen and oxygen atoms in total. The van der Waals surface area contributed by atoms with Crippen LogP contribution in [0.2, 0.25) is 0 Å². The molecular formula is C31H35N3O4. The van der Waals surface area contributed by atoms with Crippen molar-refractivity contribution in [2.75, 3.05) is 25.6 Å². The average molecular weight is 514 g/mol. The number of aromatic nitrogens is 2. The Labute approximate surface area is 224 Å². The third kappa shape index (κ3) is 8.19. The summed E-state index contributed by atoms with van der Waals surface area (Å²) in [5, 5.41) is 11.4. The van der Waals surface area contributed by atoms with Crippen LogP contribution >= 0.6 is 0 Å². The fourth-order valence-electron chi connectivity index (χ4n) is 3.98. The lowest BCUT2D eigenvalue weighted by molar-refractivity contribution is -0.150. The van der Waals surface area contributed by atoms with E-state index in [0.29, 0.717) is 31.3 Å². The van der Waals surface area contributed by atoms with Gasteiger partial charge in [-0.05, 0) is 16.7 Å². The Kier molecular flexibility index (Phi) is 10.4. The van der Waals surface area contributed by atoms with Gasteiger partial charge in [-0.3, -0.25) is 0 Å². The highest BCUT2D eigenvalue weighted by molar-refractivity contribution is 5.28. The van der Waals surface area contributed by atoms with Gasteiger partial charge in [0.15, 0.2) is 0 Å². The number of anilines is 1. The van der Waals surface area contributed by atoms with Crippen molar-refractivity contribution in [3.63, 3.8) is 0 Å². The van der Waals surface area contributed by atoms with Gasteiger partial charge in [-0.25, -0.2) is 9.97 Å². The van der Waals surface area contributed by atoms with Crippen molar-refractivity contribution in [3.8, 4) is 0 Å². The Morgan fingerprint density at radius 3 is 1.66 bits per heavy atom. The van der Waals surface area contributed by atoms with Gasteiger partial charge in [0, 0.05) is 32.1 Å². The van der Waals surface area contributed by atoms with E-state index in [1.807, 2.05) is 110 Å². The highest BCUT2D eigenvalue weighted by Gasteiger charge is 2.33. The van der Waals surface area contributed by atoms with Crippen molar-refractivity contribution in [1.82, 2.24) is 9.97 Å². The molecule has 0 spiro atoms. The molecule has 0 fully saturated rings. The number of benzene rings is 3. The Morgan fingerprint density at radius 1 is 0.684 bits per heavy atom. The minimum Gasteiger partial charge on any atom is -0.388 e. The Bertz CT molecular complexity index is 1190. The molecule has 3 atom stereocenters. The average Bonchev–Trinajstić information content (AvgIpc) is 2.96. The van der Waals surface area contributed by atoms with E-state index in [9.17, 15) is 5.11 Å². The fraction of sp³-hybridized carbons (Fsp3) is 0.290. The number of hydrogen-bond acceptors (Lipinski definition) is 7. The van der Waals surface area contributed by atoms with Gasteiger partial charge < -0.3 is 24.2 Å². The van der Waals surface area contributed by atoms with Gasteiger partial charge in [-0.2, -0.15) is 0 Å². The van der Waals surface area contributed by atoms with Gasteiger partial charge in [-0.15, -0.1) is 0 Å². The number of aliphatic hydroxyl groups is 1. The molecule has 1 aromatic heterocycles. The fourth-order valence-corrected chi connectivity index (χ4v) is 3.98. The van der Waals surface area contributed by atoms with Crippen molar-refractivity contribution in [3.05, 3.63) is 126 Å². The number of nitrogens with zero attached hydrogens (tertiary/aromatic N) is 3. The second kappa shape index (κ2) is 14.4. The van der Waals surface area contributed by atoms with E-state index in [2.05, 4.69) is 9.97 Å². The maximum Gasteiger partial charge on any atom is 0.224 e. The molecule has 0 aliphatic rings. The molecule has 0 radical (unpaired) electrons. The summed E-state index contributed by atoms with van der Waals surface area (Å²) in [7, 11) is 3.77. The highest BCUT2D eigenvalue weighted by Crippen LogP contribution is 2.28. The molecule has 3 aromatic carbocycles. The van der Waals surface area contributed by atoms with Crippen LogP contribution in [-0.4, -0.2) is 48.0 Å². The molecule has 38 heavy (non-hydrogen) atoms. The lowest BCUT2D eigenvalue weighted by Crippen LogP contribution is -2.39. The molecular weight excluding hydrogens is 478 g/mol. The van der Waals surface area contributed by atoms with Gasteiger partial charge in [-0.1, -0.05) is 91.0 Å². The first-order valence-electron chi connectivity index (χ1n) is 12.7. The first kappa shape index (κ1) is 27.4. The van der Waals surface area contributed by atoms with Crippen LogP contribution in [0.25, 0.3) is 0 Å². The maximum atomic E-state index is 11.4. The molecule has 0 amide bonds. The van der Waals surface area contributed by atoms with E-state index < -0.39 is 18.3 Å². The lowest BCUT2D eigenvalue weighted by Gasteiger charge is -2.31. The monoisotopic (exact) mass is 513 g/mol. The van der Waals surface area contributed by atoms with Crippen molar-refractivity contribution in [2.24, 2.45) is 0 Å². The summed E-state index contributed by atoms with van der Waals surface area (Å²) in [5.41, 5.74) is 3.76. The van der Waals surface area contributed by atoms with Crippen molar-refractivity contribution < 1.29 is 19.3 Å². The first-order valence-corrected chi connectivity index (χ1v) is 12.7. The largest absolute Gasteiger partial charge is 0.388 e. The number of hydrogen-bond donors (Lipinski definition) is 1. The zero-order chi connectivity index (χ0) is 26.6. The van der Waals surface area contributed by atoms with Crippen molar-refractivity contribution in [1.29, 1.82) is 0 Å². The smallest absolute Gasteiger partial charge is 0.224 e. The molecule has 1 N–H and O–H groups in total. The topological polar surface area (TPSA) is 76.9 Å². The zero-order valence-corrected chi connectivity index (χ0v) is 21.9. The van der Waals surface area contributed by atoms with E-state index in [1.54, 1.807) is 12.4 Å². The van der Waals surface area contributed by atoms with Gasteiger partial charge in [0.2, 0.25) is 5.95 Å². The van der Waals surface area contributed by atoms with Crippen LogP contribution in [0.15, 0.2) is 103 Å². The maximum absolute atomic E-state index is 11.4. The molecule has 1 heterocycles. The minimum atomic E-state index is -0.961. The van der Waals surface area contributed by atoms with Crippen LogP contribution in [-0.2, 0) is 34.0 Å². The Hall–Kier alpha value is -3.62. The summed E-state index contributed by atoms with van der Waals surface area (Å²) in [6.45, 7) is 1.11. The molecule has 7 heteroatoms. The van der Waals surface area contributed by atoms with Gasteiger partial charge in [0.1, 0.15) is 18.3 Å². The van der Waals surface area contributed by atoms with E-state index in [-0.39, 0.29) is 6.61 Å². The predicted molar refractivity (Wildman–Crippen MR) is 147 cm³/mol. The standard InChI is InChI=1S/C31H35N3O4/c1-34(2)31-32-18-27(19-33-31)29(37-21-25-14-8-4-9-15-25)30(38-22-26-16-10-5-11-17-26)28(35)23-36-20-24-12-6-3-7-13-24/h3-19,28-30,35H,20-23H2,1-2H3/t28-,29-,30+/m1/s1. The third-order valence-corrected chi connectivity index (χ3v) is 6.02. The van der Waals surface area contributed by atoms with Crippen LogP contribution < -0.4 is 4.90 Å². The second-order valence-corrected chi connectivity index (χ2v) is 9.26. The van der Waals surface area contributed by atoms with E-state index in [1.165, 1.54) is 0 Å². The van der Waals surface area contributed by atoms with Gasteiger partial charge in [0.05, 0.1) is 26.4 Å². The number of aliphatic hydroxyl groups excluding tert-OH is 1. The quantitative estimate of drug-likeness (QED) is 0.255. The summed E-state index contributed by atoms with van der Waals surface area (Å²) >= 11 is 0. The summed E-state index contributed by atoms with van der Waals surface area (Å²) in [4.78, 5) is 10.8. The van der Waals surface area contributed by atoms with Crippen LogP contribution in [0, 0.1) is 0 Å². The summed E-state index contributed by atoms with van der Waals surface area (Å²) in [5.74, 6) is 0.587. The number of ether oxygens (including phenoxy) is 3. The molecule has 0 saturated carbocycles. The van der Waals surface area contributed by atoms with E-state index >= 15 is 0 Å². The molecule has 4 aromatic rings. The van der Waals surface area contributed by atoms with E-state index in [0.717, 1.165) is 16.7 Å². The summed E-state index contributed by atoms with van der Waals surface area (Å²) in [6, 6.07) is 29.7. The zero-order valence-electron chi connectivity index (χ0n) is 21.9. The van der Waals surface area contributed by atoms with Crippen LogP contribution in [0.5, 0.6) is 0 Å². The predicted octanol–water partition coefficient (Wildman–Crippen LogP) is 4.96. The molecule has 0 aliphatic carbocycles. The van der Waals surface area contributed by atoms with Crippen molar-refractivity contribution >= 4 is 5.95 Å².